The third-order valence-corrected chi connectivity index (χ3v) is 3.41. The van der Waals surface area contributed by atoms with Crippen LogP contribution in [-0.2, 0) is 0 Å². The molecule has 3 aromatic carbocycles. The molecule has 2 N–H and O–H groups in total. The molecule has 2 amide bonds. The van der Waals surface area contributed by atoms with E-state index in [0.29, 0.717) is 13.2 Å². The minimum absolute atomic E-state index is 0.239. The molecule has 0 spiro atoms. The summed E-state index contributed by atoms with van der Waals surface area (Å²) in [6, 6.07) is 23.2. The molecule has 0 bridgehead atoms. The van der Waals surface area contributed by atoms with Crippen LogP contribution in [0.4, 0.5) is 10.5 Å². The summed E-state index contributed by atoms with van der Waals surface area (Å²) in [6.07, 6.45) is 0. The fraction of sp³-hybridized carbons (Fsp3) is 0.105. The van der Waals surface area contributed by atoms with Gasteiger partial charge in [-0.3, -0.25) is 0 Å². The highest BCUT2D eigenvalue weighted by Gasteiger charge is 2.02. The van der Waals surface area contributed by atoms with Gasteiger partial charge in [0.25, 0.3) is 0 Å². The molecular formula is C19H18N2O2. The lowest BCUT2D eigenvalue weighted by molar-refractivity contribution is 0.247. The maximum Gasteiger partial charge on any atom is 0.319 e. The number of benzene rings is 3. The van der Waals surface area contributed by atoms with Gasteiger partial charge in [0.15, 0.2) is 0 Å². The quantitative estimate of drug-likeness (QED) is 0.699. The van der Waals surface area contributed by atoms with Gasteiger partial charge < -0.3 is 15.4 Å². The summed E-state index contributed by atoms with van der Waals surface area (Å²) in [6.45, 7) is 0.865. The number of hydrogen-bond donors (Lipinski definition) is 2. The van der Waals surface area contributed by atoms with E-state index in [4.69, 9.17) is 4.74 Å². The van der Waals surface area contributed by atoms with Crippen molar-refractivity contribution in [3.05, 3.63) is 72.8 Å². The molecule has 0 aliphatic rings. The van der Waals surface area contributed by atoms with E-state index >= 15 is 0 Å². The second kappa shape index (κ2) is 7.31. The first-order valence-corrected chi connectivity index (χ1v) is 7.53. The lowest BCUT2D eigenvalue weighted by Crippen LogP contribution is -2.32. The van der Waals surface area contributed by atoms with E-state index in [-0.39, 0.29) is 6.03 Å². The standard InChI is InChI=1S/C19H18N2O2/c22-19(20-12-13-23-18-8-2-1-3-9-18)21-17-11-10-15-6-4-5-7-16(15)14-17/h1-11,14H,12-13H2,(H2,20,21,22). The molecule has 0 saturated heterocycles. The molecule has 0 aliphatic carbocycles. The van der Waals surface area contributed by atoms with Crippen molar-refractivity contribution in [2.75, 3.05) is 18.5 Å². The second-order valence-corrected chi connectivity index (χ2v) is 5.10. The predicted octanol–water partition coefficient (Wildman–Crippen LogP) is 4.04. The van der Waals surface area contributed by atoms with Gasteiger partial charge in [0, 0.05) is 5.69 Å². The van der Waals surface area contributed by atoms with Gasteiger partial charge in [0.05, 0.1) is 6.54 Å². The summed E-state index contributed by atoms with van der Waals surface area (Å²) in [5.74, 6) is 0.796. The van der Waals surface area contributed by atoms with E-state index in [1.807, 2.05) is 72.8 Å². The highest BCUT2D eigenvalue weighted by atomic mass is 16.5. The number of rotatable bonds is 5. The molecular weight excluding hydrogens is 288 g/mol. The van der Waals surface area contributed by atoms with Gasteiger partial charge in [-0.25, -0.2) is 4.79 Å². The zero-order chi connectivity index (χ0) is 15.9. The predicted molar refractivity (Wildman–Crippen MR) is 92.9 cm³/mol. The van der Waals surface area contributed by atoms with Crippen LogP contribution in [0.15, 0.2) is 72.8 Å². The highest BCUT2D eigenvalue weighted by molar-refractivity contribution is 5.93. The molecule has 23 heavy (non-hydrogen) atoms. The fourth-order valence-corrected chi connectivity index (χ4v) is 2.29. The van der Waals surface area contributed by atoms with Crippen LogP contribution in [-0.4, -0.2) is 19.2 Å². The Balaban J connectivity index is 1.46. The first kappa shape index (κ1) is 14.9. The third-order valence-electron chi connectivity index (χ3n) is 3.41. The normalized spacial score (nSPS) is 10.3. The van der Waals surface area contributed by atoms with Crippen molar-refractivity contribution in [2.45, 2.75) is 0 Å². The molecule has 3 aromatic rings. The van der Waals surface area contributed by atoms with Crippen molar-refractivity contribution in [1.29, 1.82) is 0 Å². The molecule has 116 valence electrons. The van der Waals surface area contributed by atoms with E-state index in [0.717, 1.165) is 22.2 Å². The maximum atomic E-state index is 11.9. The average molecular weight is 306 g/mol. The molecule has 4 heteroatoms. The molecule has 0 aliphatic heterocycles. The Labute approximate surface area is 135 Å². The number of amides is 2. The Morgan fingerprint density at radius 2 is 1.61 bits per heavy atom. The Kier molecular flexibility index (Phi) is 4.74. The first-order valence-electron chi connectivity index (χ1n) is 7.53. The van der Waals surface area contributed by atoms with E-state index in [9.17, 15) is 4.79 Å². The summed E-state index contributed by atoms with van der Waals surface area (Å²) >= 11 is 0. The van der Waals surface area contributed by atoms with Gasteiger partial charge in [-0.15, -0.1) is 0 Å². The third kappa shape index (κ3) is 4.23. The zero-order valence-electron chi connectivity index (χ0n) is 12.7. The lowest BCUT2D eigenvalue weighted by atomic mass is 10.1. The zero-order valence-corrected chi connectivity index (χ0v) is 12.7. The molecule has 0 saturated carbocycles. The van der Waals surface area contributed by atoms with Crippen molar-refractivity contribution in [1.82, 2.24) is 5.32 Å². The number of para-hydroxylation sites is 1. The van der Waals surface area contributed by atoms with Crippen LogP contribution in [0.5, 0.6) is 5.75 Å². The number of carbonyl (C=O) groups is 1. The van der Waals surface area contributed by atoms with Crippen LogP contribution >= 0.6 is 0 Å². The monoisotopic (exact) mass is 306 g/mol. The number of anilines is 1. The molecule has 4 nitrogen and oxygen atoms in total. The SMILES string of the molecule is O=C(NCCOc1ccccc1)Nc1ccc2ccccc2c1. The molecule has 0 heterocycles. The van der Waals surface area contributed by atoms with Gasteiger partial charge in [-0.1, -0.05) is 48.5 Å². The van der Waals surface area contributed by atoms with Gasteiger partial charge in [-0.05, 0) is 35.0 Å². The Morgan fingerprint density at radius 1 is 0.870 bits per heavy atom. The van der Waals surface area contributed by atoms with Crippen LogP contribution in [0.1, 0.15) is 0 Å². The number of hydrogen-bond acceptors (Lipinski definition) is 2. The van der Waals surface area contributed by atoms with Crippen molar-refractivity contribution in [2.24, 2.45) is 0 Å². The van der Waals surface area contributed by atoms with Gasteiger partial charge in [-0.2, -0.15) is 0 Å². The van der Waals surface area contributed by atoms with E-state index in [2.05, 4.69) is 10.6 Å². The minimum atomic E-state index is -0.239. The number of ether oxygens (including phenoxy) is 1. The van der Waals surface area contributed by atoms with Gasteiger partial charge in [0.1, 0.15) is 12.4 Å². The fourth-order valence-electron chi connectivity index (χ4n) is 2.29. The van der Waals surface area contributed by atoms with E-state index in [1.54, 1.807) is 0 Å². The molecule has 0 fully saturated rings. The summed E-state index contributed by atoms with van der Waals surface area (Å²) in [4.78, 5) is 11.9. The van der Waals surface area contributed by atoms with Crippen molar-refractivity contribution in [3.63, 3.8) is 0 Å². The minimum Gasteiger partial charge on any atom is -0.492 e. The number of urea groups is 1. The molecule has 0 radical (unpaired) electrons. The molecule has 0 aromatic heterocycles. The van der Waals surface area contributed by atoms with Crippen LogP contribution < -0.4 is 15.4 Å². The second-order valence-electron chi connectivity index (χ2n) is 5.10. The van der Waals surface area contributed by atoms with Crippen LogP contribution in [0.2, 0.25) is 0 Å². The summed E-state index contributed by atoms with van der Waals surface area (Å²) in [5.41, 5.74) is 0.769. The van der Waals surface area contributed by atoms with Gasteiger partial charge >= 0.3 is 6.03 Å². The van der Waals surface area contributed by atoms with Gasteiger partial charge in [0.2, 0.25) is 0 Å². The van der Waals surface area contributed by atoms with Crippen LogP contribution in [0.25, 0.3) is 10.8 Å². The number of fused-ring (bicyclic) bond motifs is 1. The Morgan fingerprint density at radius 3 is 2.43 bits per heavy atom. The number of carbonyl (C=O) groups excluding carboxylic acids is 1. The average Bonchev–Trinajstić information content (AvgIpc) is 2.59. The maximum absolute atomic E-state index is 11.9. The van der Waals surface area contributed by atoms with Crippen LogP contribution in [0, 0.1) is 0 Å². The lowest BCUT2D eigenvalue weighted by Gasteiger charge is -2.09. The Hall–Kier alpha value is -3.01. The van der Waals surface area contributed by atoms with Crippen molar-refractivity contribution < 1.29 is 9.53 Å². The summed E-state index contributed by atoms with van der Waals surface area (Å²) in [5, 5.41) is 7.84. The first-order chi connectivity index (χ1) is 11.3. The molecule has 0 unspecified atom stereocenters. The summed E-state index contributed by atoms with van der Waals surface area (Å²) in [7, 11) is 0. The smallest absolute Gasteiger partial charge is 0.319 e. The highest BCUT2D eigenvalue weighted by Crippen LogP contribution is 2.18. The topological polar surface area (TPSA) is 50.4 Å². The van der Waals surface area contributed by atoms with Crippen molar-refractivity contribution in [3.8, 4) is 5.75 Å². The van der Waals surface area contributed by atoms with Crippen molar-refractivity contribution >= 4 is 22.5 Å². The molecule has 3 rings (SSSR count). The largest absolute Gasteiger partial charge is 0.492 e. The van der Waals surface area contributed by atoms with Crippen LogP contribution in [0.3, 0.4) is 0 Å². The molecule has 0 atom stereocenters. The Bertz CT molecular complexity index is 787. The van der Waals surface area contributed by atoms with E-state index < -0.39 is 0 Å². The summed E-state index contributed by atoms with van der Waals surface area (Å²) < 4.78 is 5.52. The van der Waals surface area contributed by atoms with E-state index in [1.165, 1.54) is 0 Å². The number of nitrogens with one attached hydrogen (secondary N) is 2.